The van der Waals surface area contributed by atoms with Crippen molar-refractivity contribution in [1.82, 2.24) is 30.2 Å². The molecule has 1 N–H and O–H groups in total. The van der Waals surface area contributed by atoms with E-state index in [0.717, 1.165) is 12.8 Å². The van der Waals surface area contributed by atoms with Crippen molar-refractivity contribution in [2.24, 2.45) is 5.92 Å². The Morgan fingerprint density at radius 2 is 2.21 bits per heavy atom. The second kappa shape index (κ2) is 8.96. The average molecular weight is 390 g/mol. The second-order valence-corrected chi connectivity index (χ2v) is 6.98. The molecule has 2 aromatic rings. The number of nitrogens with one attached hydrogen (secondary N) is 1. The predicted octanol–water partition coefficient (Wildman–Crippen LogP) is 0.812. The highest BCUT2D eigenvalue weighted by atomic mass is 16.5. The van der Waals surface area contributed by atoms with E-state index in [9.17, 15) is 9.59 Å². The van der Waals surface area contributed by atoms with E-state index in [4.69, 9.17) is 9.15 Å². The SMILES string of the molecule is COCCNC(=O)c1cn(C[C@@H]2CCCN(C(=O)c3oc(C)nc3C)C2)nn1. The summed E-state index contributed by atoms with van der Waals surface area (Å²) in [5, 5.41) is 10.7. The van der Waals surface area contributed by atoms with Crippen LogP contribution in [0.15, 0.2) is 10.6 Å². The van der Waals surface area contributed by atoms with Gasteiger partial charge in [-0.25, -0.2) is 4.98 Å². The van der Waals surface area contributed by atoms with Gasteiger partial charge < -0.3 is 19.4 Å². The molecule has 2 aromatic heterocycles. The molecule has 1 aliphatic rings. The van der Waals surface area contributed by atoms with Gasteiger partial charge in [0.2, 0.25) is 5.76 Å². The first-order valence-electron chi connectivity index (χ1n) is 9.38. The fourth-order valence-corrected chi connectivity index (χ4v) is 3.39. The van der Waals surface area contributed by atoms with Gasteiger partial charge >= 0.3 is 0 Å². The Labute approximate surface area is 163 Å². The summed E-state index contributed by atoms with van der Waals surface area (Å²) in [7, 11) is 1.57. The first kappa shape index (κ1) is 20.0. The molecule has 1 fully saturated rings. The summed E-state index contributed by atoms with van der Waals surface area (Å²) in [6, 6.07) is 0. The molecule has 152 valence electrons. The molecule has 28 heavy (non-hydrogen) atoms. The quantitative estimate of drug-likeness (QED) is 0.696. The minimum absolute atomic E-state index is 0.125. The normalized spacial score (nSPS) is 17.0. The second-order valence-electron chi connectivity index (χ2n) is 6.98. The van der Waals surface area contributed by atoms with E-state index in [0.29, 0.717) is 50.1 Å². The van der Waals surface area contributed by atoms with Gasteiger partial charge in [0.05, 0.1) is 18.5 Å². The van der Waals surface area contributed by atoms with E-state index in [1.54, 1.807) is 36.7 Å². The van der Waals surface area contributed by atoms with Gasteiger partial charge in [0, 0.05) is 40.2 Å². The Morgan fingerprint density at radius 3 is 2.93 bits per heavy atom. The van der Waals surface area contributed by atoms with Crippen LogP contribution in [0.1, 0.15) is 45.5 Å². The van der Waals surface area contributed by atoms with Crippen LogP contribution in [0.3, 0.4) is 0 Å². The van der Waals surface area contributed by atoms with Crippen LogP contribution in [0, 0.1) is 19.8 Å². The molecule has 0 bridgehead atoms. The van der Waals surface area contributed by atoms with Crippen LogP contribution in [0.25, 0.3) is 0 Å². The molecule has 0 aromatic carbocycles. The standard InChI is InChI=1S/C18H26N6O4/c1-12-16(28-13(2)20-12)18(26)23-7-4-5-14(9-23)10-24-11-15(21-22-24)17(25)19-6-8-27-3/h11,14H,4-10H2,1-3H3,(H,19,25)/t14-/m1/s1. The van der Waals surface area contributed by atoms with Gasteiger partial charge in [-0.15, -0.1) is 5.10 Å². The summed E-state index contributed by atoms with van der Waals surface area (Å²) in [6.07, 6.45) is 3.52. The highest BCUT2D eigenvalue weighted by Crippen LogP contribution is 2.21. The summed E-state index contributed by atoms with van der Waals surface area (Å²) in [4.78, 5) is 30.7. The molecule has 3 heterocycles. The lowest BCUT2D eigenvalue weighted by Gasteiger charge is -2.32. The van der Waals surface area contributed by atoms with Crippen molar-refractivity contribution >= 4 is 11.8 Å². The largest absolute Gasteiger partial charge is 0.436 e. The maximum atomic E-state index is 12.7. The fraction of sp³-hybridized carbons (Fsp3) is 0.611. The molecule has 1 aliphatic heterocycles. The molecular formula is C18H26N6O4. The molecule has 1 atom stereocenters. The number of amides is 2. The van der Waals surface area contributed by atoms with Gasteiger partial charge in [0.15, 0.2) is 11.6 Å². The summed E-state index contributed by atoms with van der Waals surface area (Å²) < 4.78 is 12.0. The van der Waals surface area contributed by atoms with Gasteiger partial charge in [-0.3, -0.25) is 14.3 Å². The van der Waals surface area contributed by atoms with Gasteiger partial charge in [-0.1, -0.05) is 5.21 Å². The van der Waals surface area contributed by atoms with Crippen molar-refractivity contribution in [1.29, 1.82) is 0 Å². The maximum absolute atomic E-state index is 12.7. The maximum Gasteiger partial charge on any atom is 0.291 e. The van der Waals surface area contributed by atoms with E-state index in [1.807, 2.05) is 0 Å². The van der Waals surface area contributed by atoms with Crippen molar-refractivity contribution in [3.63, 3.8) is 0 Å². The van der Waals surface area contributed by atoms with E-state index in [1.165, 1.54) is 0 Å². The van der Waals surface area contributed by atoms with Crippen molar-refractivity contribution in [3.8, 4) is 0 Å². The monoisotopic (exact) mass is 390 g/mol. The summed E-state index contributed by atoms with van der Waals surface area (Å²) in [5.41, 5.74) is 0.887. The van der Waals surface area contributed by atoms with E-state index >= 15 is 0 Å². The Morgan fingerprint density at radius 1 is 1.39 bits per heavy atom. The minimum atomic E-state index is -0.278. The fourth-order valence-electron chi connectivity index (χ4n) is 3.39. The lowest BCUT2D eigenvalue weighted by atomic mass is 9.98. The Bertz CT molecular complexity index is 830. The van der Waals surface area contributed by atoms with Crippen molar-refractivity contribution in [3.05, 3.63) is 29.2 Å². The van der Waals surface area contributed by atoms with Crippen LogP contribution in [-0.4, -0.2) is 70.0 Å². The van der Waals surface area contributed by atoms with Gasteiger partial charge in [-0.05, 0) is 25.7 Å². The molecule has 3 rings (SSSR count). The Balaban J connectivity index is 1.57. The summed E-state index contributed by atoms with van der Waals surface area (Å²) in [6.45, 7) is 6.26. The highest BCUT2D eigenvalue weighted by molar-refractivity contribution is 5.92. The molecule has 0 radical (unpaired) electrons. The van der Waals surface area contributed by atoms with Crippen LogP contribution >= 0.6 is 0 Å². The van der Waals surface area contributed by atoms with Crippen LogP contribution in [0.4, 0.5) is 0 Å². The van der Waals surface area contributed by atoms with Crippen molar-refractivity contribution in [2.45, 2.75) is 33.2 Å². The number of hydrogen-bond donors (Lipinski definition) is 1. The zero-order valence-corrected chi connectivity index (χ0v) is 16.5. The number of likely N-dealkylation sites (tertiary alicyclic amines) is 1. The zero-order valence-electron chi connectivity index (χ0n) is 16.5. The predicted molar refractivity (Wildman–Crippen MR) is 98.8 cm³/mol. The molecule has 0 aliphatic carbocycles. The number of hydrogen-bond acceptors (Lipinski definition) is 7. The number of methoxy groups -OCH3 is 1. The topological polar surface area (TPSA) is 115 Å². The number of carbonyl (C=O) groups excluding carboxylic acids is 2. The molecule has 0 spiro atoms. The number of aryl methyl sites for hydroxylation is 2. The van der Waals surface area contributed by atoms with E-state index in [2.05, 4.69) is 20.6 Å². The summed E-state index contributed by atoms with van der Waals surface area (Å²) in [5.74, 6) is 0.634. The van der Waals surface area contributed by atoms with Gasteiger partial charge in [-0.2, -0.15) is 0 Å². The number of aromatic nitrogens is 4. The third-order valence-electron chi connectivity index (χ3n) is 4.71. The number of oxazole rings is 1. The Hall–Kier alpha value is -2.75. The molecule has 0 unspecified atom stereocenters. The Kier molecular flexibility index (Phi) is 6.40. The van der Waals surface area contributed by atoms with Crippen molar-refractivity contribution in [2.75, 3.05) is 33.4 Å². The minimum Gasteiger partial charge on any atom is -0.436 e. The third-order valence-corrected chi connectivity index (χ3v) is 4.71. The van der Waals surface area contributed by atoms with Crippen molar-refractivity contribution < 1.29 is 18.7 Å². The number of rotatable bonds is 7. The average Bonchev–Trinajstić information content (AvgIpc) is 3.27. The zero-order chi connectivity index (χ0) is 20.1. The van der Waals surface area contributed by atoms with Crippen LogP contribution in [-0.2, 0) is 11.3 Å². The van der Waals surface area contributed by atoms with Crippen LogP contribution in [0.5, 0.6) is 0 Å². The summed E-state index contributed by atoms with van der Waals surface area (Å²) >= 11 is 0. The lowest BCUT2D eigenvalue weighted by molar-refractivity contribution is 0.0625. The molecular weight excluding hydrogens is 364 g/mol. The van der Waals surface area contributed by atoms with Gasteiger partial charge in [0.1, 0.15) is 0 Å². The first-order chi connectivity index (χ1) is 13.5. The molecule has 2 amide bonds. The highest BCUT2D eigenvalue weighted by Gasteiger charge is 2.28. The number of nitrogens with zero attached hydrogens (tertiary/aromatic N) is 5. The van der Waals surface area contributed by atoms with E-state index in [-0.39, 0.29) is 23.4 Å². The van der Waals surface area contributed by atoms with Gasteiger partial charge in [0.25, 0.3) is 11.8 Å². The number of carbonyl (C=O) groups is 2. The molecule has 1 saturated heterocycles. The van der Waals surface area contributed by atoms with Crippen LogP contribution in [0.2, 0.25) is 0 Å². The van der Waals surface area contributed by atoms with E-state index < -0.39 is 0 Å². The smallest absolute Gasteiger partial charge is 0.291 e. The molecule has 0 saturated carbocycles. The molecule has 10 heteroatoms. The number of ether oxygens (including phenoxy) is 1. The van der Waals surface area contributed by atoms with Crippen LogP contribution < -0.4 is 5.32 Å². The third kappa shape index (κ3) is 4.75. The number of piperidine rings is 1. The first-order valence-corrected chi connectivity index (χ1v) is 9.38. The lowest BCUT2D eigenvalue weighted by Crippen LogP contribution is -2.41. The molecule has 10 nitrogen and oxygen atoms in total.